The minimum atomic E-state index is -0.982. The third-order valence-electron chi connectivity index (χ3n) is 9.37. The van der Waals surface area contributed by atoms with Crippen LogP contribution < -0.4 is 20.2 Å². The molecule has 2 aliphatic heterocycles. The average Bonchev–Trinajstić information content (AvgIpc) is 3.90. The number of halogens is 2. The number of benzene rings is 3. The van der Waals surface area contributed by atoms with Crippen molar-refractivity contribution < 1.29 is 14.2 Å². The van der Waals surface area contributed by atoms with Gasteiger partial charge in [0.15, 0.2) is 5.79 Å². The molecule has 1 unspecified atom stereocenters. The standard InChI is InChI=1S/C36H40Cl2N8O4/c1-3-26(2)46-35(47)45(25-41-46)31-8-6-29(7-9-31)42-14-16-43(17-15-42)30-10-12-32(13-11-30)48-20-33-21-49-36(50-33,22-44-24-39-23-40-44)19-27-4-5-28(37)18-34(27)38/h4-13,18,23-26,33H,3,14-17,19-22H2,1-2H3/t26?,33-,36+/m0/s1. The van der Waals surface area contributed by atoms with Gasteiger partial charge in [-0.05, 0) is 79.6 Å². The van der Waals surface area contributed by atoms with Gasteiger partial charge in [0.25, 0.3) is 0 Å². The highest BCUT2D eigenvalue weighted by Crippen LogP contribution is 2.33. The zero-order valence-electron chi connectivity index (χ0n) is 28.1. The largest absolute Gasteiger partial charge is 0.491 e. The molecule has 2 saturated heterocycles. The van der Waals surface area contributed by atoms with Gasteiger partial charge in [-0.2, -0.15) is 10.2 Å². The van der Waals surface area contributed by atoms with Crippen LogP contribution in [0.4, 0.5) is 11.4 Å². The maximum Gasteiger partial charge on any atom is 0.350 e. The summed E-state index contributed by atoms with van der Waals surface area (Å²) in [4.78, 5) is 21.6. The summed E-state index contributed by atoms with van der Waals surface area (Å²) in [5.41, 5.74) is 3.86. The van der Waals surface area contributed by atoms with Crippen molar-refractivity contribution in [3.63, 3.8) is 0 Å². The number of ether oxygens (including phenoxy) is 3. The van der Waals surface area contributed by atoms with Gasteiger partial charge >= 0.3 is 5.69 Å². The first kappa shape index (κ1) is 34.1. The van der Waals surface area contributed by atoms with Crippen molar-refractivity contribution in [2.45, 2.75) is 51.2 Å². The molecule has 0 spiro atoms. The molecule has 0 radical (unpaired) electrons. The molecule has 7 rings (SSSR count). The van der Waals surface area contributed by atoms with E-state index in [4.69, 9.17) is 37.4 Å². The fourth-order valence-electron chi connectivity index (χ4n) is 6.40. The molecular weight excluding hydrogens is 679 g/mol. The summed E-state index contributed by atoms with van der Waals surface area (Å²) >= 11 is 12.6. The van der Waals surface area contributed by atoms with Crippen molar-refractivity contribution >= 4 is 34.6 Å². The quantitative estimate of drug-likeness (QED) is 0.162. The lowest BCUT2D eigenvalue weighted by atomic mass is 10.0. The molecule has 0 N–H and O–H groups in total. The van der Waals surface area contributed by atoms with Gasteiger partial charge in [-0.15, -0.1) is 0 Å². The topological polar surface area (TPSA) is 105 Å². The molecule has 0 aliphatic carbocycles. The van der Waals surface area contributed by atoms with E-state index in [2.05, 4.69) is 49.2 Å². The van der Waals surface area contributed by atoms with E-state index in [1.807, 2.05) is 44.2 Å². The van der Waals surface area contributed by atoms with E-state index in [0.717, 1.165) is 61.0 Å². The van der Waals surface area contributed by atoms with Crippen molar-refractivity contribution in [3.8, 4) is 11.4 Å². The van der Waals surface area contributed by atoms with Gasteiger partial charge < -0.3 is 24.0 Å². The molecule has 50 heavy (non-hydrogen) atoms. The third-order valence-corrected chi connectivity index (χ3v) is 9.96. The van der Waals surface area contributed by atoms with Crippen LogP contribution in [0, 0.1) is 0 Å². The van der Waals surface area contributed by atoms with E-state index in [9.17, 15) is 4.79 Å². The Bertz CT molecular complexity index is 1920. The fraction of sp³-hybridized carbons (Fsp3) is 0.389. The van der Waals surface area contributed by atoms with Gasteiger partial charge in [0.1, 0.15) is 37.4 Å². The second-order valence-electron chi connectivity index (χ2n) is 12.7. The van der Waals surface area contributed by atoms with Crippen molar-refractivity contribution in [2.24, 2.45) is 0 Å². The monoisotopic (exact) mass is 718 g/mol. The molecule has 4 heterocycles. The summed E-state index contributed by atoms with van der Waals surface area (Å²) in [6.45, 7) is 8.66. The second-order valence-corrected chi connectivity index (χ2v) is 13.6. The fourth-order valence-corrected chi connectivity index (χ4v) is 6.88. The van der Waals surface area contributed by atoms with Crippen molar-refractivity contribution in [2.75, 3.05) is 49.2 Å². The second kappa shape index (κ2) is 14.9. The summed E-state index contributed by atoms with van der Waals surface area (Å²) in [6, 6.07) is 21.8. The maximum atomic E-state index is 12.8. The molecule has 2 aliphatic rings. The first-order valence-corrected chi connectivity index (χ1v) is 17.6. The van der Waals surface area contributed by atoms with E-state index >= 15 is 0 Å². The van der Waals surface area contributed by atoms with Gasteiger partial charge in [-0.1, -0.05) is 36.2 Å². The molecule has 0 saturated carbocycles. The normalized spacial score (nSPS) is 20.0. The number of hydrogen-bond donors (Lipinski definition) is 0. The highest BCUT2D eigenvalue weighted by Gasteiger charge is 2.43. The molecule has 3 aromatic carbocycles. The lowest BCUT2D eigenvalue weighted by Gasteiger charge is -2.37. The Morgan fingerprint density at radius 1 is 0.920 bits per heavy atom. The zero-order chi connectivity index (χ0) is 34.7. The Kier molecular flexibility index (Phi) is 10.1. The summed E-state index contributed by atoms with van der Waals surface area (Å²) in [7, 11) is 0. The average molecular weight is 720 g/mol. The Morgan fingerprint density at radius 3 is 2.24 bits per heavy atom. The highest BCUT2D eigenvalue weighted by molar-refractivity contribution is 6.35. The zero-order valence-corrected chi connectivity index (χ0v) is 29.6. The molecule has 12 nitrogen and oxygen atoms in total. The highest BCUT2D eigenvalue weighted by atomic mass is 35.5. The van der Waals surface area contributed by atoms with Gasteiger partial charge in [-0.3, -0.25) is 0 Å². The molecular formula is C36H40Cl2N8O4. The predicted molar refractivity (Wildman–Crippen MR) is 193 cm³/mol. The molecule has 2 aromatic heterocycles. The molecule has 2 fully saturated rings. The van der Waals surface area contributed by atoms with Crippen LogP contribution in [-0.4, -0.2) is 80.4 Å². The Morgan fingerprint density at radius 2 is 1.60 bits per heavy atom. The molecule has 0 bridgehead atoms. The molecule has 262 valence electrons. The van der Waals surface area contributed by atoms with Crippen LogP contribution >= 0.6 is 23.2 Å². The molecule has 5 aromatic rings. The minimum Gasteiger partial charge on any atom is -0.491 e. The summed E-state index contributed by atoms with van der Waals surface area (Å²) in [5, 5.41) is 9.68. The van der Waals surface area contributed by atoms with Crippen LogP contribution in [-0.2, 0) is 22.4 Å². The van der Waals surface area contributed by atoms with Crippen LogP contribution in [0.3, 0.4) is 0 Å². The number of aromatic nitrogens is 6. The van der Waals surface area contributed by atoms with Crippen LogP contribution in [0.5, 0.6) is 5.75 Å². The van der Waals surface area contributed by atoms with Crippen LogP contribution in [0.25, 0.3) is 5.69 Å². The minimum absolute atomic E-state index is 0.0652. The Balaban J connectivity index is 0.914. The number of rotatable bonds is 12. The summed E-state index contributed by atoms with van der Waals surface area (Å²) in [6.07, 6.45) is 5.70. The van der Waals surface area contributed by atoms with Crippen molar-refractivity contribution in [1.82, 2.24) is 29.1 Å². The van der Waals surface area contributed by atoms with Crippen LogP contribution in [0.1, 0.15) is 31.9 Å². The van der Waals surface area contributed by atoms with E-state index in [0.29, 0.717) is 36.2 Å². The molecule has 0 amide bonds. The molecule has 3 atom stereocenters. The van der Waals surface area contributed by atoms with E-state index in [-0.39, 0.29) is 17.8 Å². The maximum absolute atomic E-state index is 12.8. The van der Waals surface area contributed by atoms with E-state index < -0.39 is 5.79 Å². The summed E-state index contributed by atoms with van der Waals surface area (Å²) in [5.74, 6) is -0.219. The number of nitrogens with zero attached hydrogens (tertiary/aromatic N) is 8. The third kappa shape index (κ3) is 7.53. The van der Waals surface area contributed by atoms with E-state index in [1.54, 1.807) is 38.7 Å². The Hall–Kier alpha value is -4.36. The van der Waals surface area contributed by atoms with Gasteiger partial charge in [-0.25, -0.2) is 23.7 Å². The lowest BCUT2D eigenvalue weighted by Crippen LogP contribution is -2.46. The first-order valence-electron chi connectivity index (χ1n) is 16.9. The van der Waals surface area contributed by atoms with Gasteiger partial charge in [0, 0.05) is 54.0 Å². The van der Waals surface area contributed by atoms with Crippen molar-refractivity contribution in [3.05, 3.63) is 112 Å². The van der Waals surface area contributed by atoms with Crippen LogP contribution in [0.15, 0.2) is 90.5 Å². The van der Waals surface area contributed by atoms with Crippen LogP contribution in [0.2, 0.25) is 10.0 Å². The Labute approximate surface area is 300 Å². The number of piperazine rings is 1. The van der Waals surface area contributed by atoms with Gasteiger partial charge in [0.2, 0.25) is 0 Å². The predicted octanol–water partition coefficient (Wildman–Crippen LogP) is 5.66. The lowest BCUT2D eigenvalue weighted by molar-refractivity contribution is -0.180. The first-order chi connectivity index (χ1) is 24.3. The SMILES string of the molecule is CCC(C)n1ncn(-c2ccc(N3CCN(c4ccc(OC[C@H]5CO[C@@](Cc6ccc(Cl)cc6Cl)(Cn6cncn6)O5)cc4)CC3)cc2)c1=O. The number of anilines is 2. The van der Waals surface area contributed by atoms with Gasteiger partial charge in [0.05, 0.1) is 24.9 Å². The summed E-state index contributed by atoms with van der Waals surface area (Å²) < 4.78 is 23.8. The molecule has 14 heteroatoms. The smallest absolute Gasteiger partial charge is 0.350 e. The number of hydrogen-bond acceptors (Lipinski definition) is 9. The van der Waals surface area contributed by atoms with E-state index in [1.165, 1.54) is 6.33 Å². The van der Waals surface area contributed by atoms with Crippen molar-refractivity contribution in [1.29, 1.82) is 0 Å².